The second-order valence-electron chi connectivity index (χ2n) is 4.26. The van der Waals surface area contributed by atoms with Gasteiger partial charge in [0.15, 0.2) is 0 Å². The summed E-state index contributed by atoms with van der Waals surface area (Å²) >= 11 is 0. The van der Waals surface area contributed by atoms with E-state index < -0.39 is 11.5 Å². The predicted octanol–water partition coefficient (Wildman–Crippen LogP) is 0.746. The van der Waals surface area contributed by atoms with E-state index in [1.54, 1.807) is 18.2 Å². The van der Waals surface area contributed by atoms with Crippen LogP contribution in [0.4, 0.5) is 0 Å². The molecule has 1 aromatic carbocycles. The largest absolute Gasteiger partial charge is 0.478 e. The van der Waals surface area contributed by atoms with Crippen LogP contribution in [0, 0.1) is 0 Å². The Balaban J connectivity index is 2.35. The molecule has 2 rings (SSSR count). The maximum Gasteiger partial charge on any atom is 0.335 e. The quantitative estimate of drug-likeness (QED) is 0.793. The second-order valence-corrected chi connectivity index (χ2v) is 4.26. The summed E-state index contributed by atoms with van der Waals surface area (Å²) in [6.07, 6.45) is 0. The number of ether oxygens (including phenoxy) is 1. The van der Waals surface area contributed by atoms with Crippen molar-refractivity contribution in [2.45, 2.75) is 12.5 Å². The van der Waals surface area contributed by atoms with Crippen molar-refractivity contribution in [1.82, 2.24) is 5.32 Å². The summed E-state index contributed by atoms with van der Waals surface area (Å²) in [4.78, 5) is 22.2. The molecule has 1 aliphatic rings. The number of carboxylic acid groups (broad SMARTS) is 1. The van der Waals surface area contributed by atoms with Gasteiger partial charge in [-0.15, -0.1) is 0 Å². The number of hydrogen-bond acceptors (Lipinski definition) is 3. The zero-order valence-corrected chi connectivity index (χ0v) is 9.40. The standard InChI is InChI=1S/C12H13NO4/c1-12(7-17-6-10(14)13-12)9-4-2-3-8(5-9)11(15)16/h2-5H,6-7H2,1H3,(H,13,14)(H,15,16). The third kappa shape index (κ3) is 2.29. The lowest BCUT2D eigenvalue weighted by molar-refractivity contribution is -0.135. The van der Waals surface area contributed by atoms with Gasteiger partial charge < -0.3 is 15.2 Å². The zero-order chi connectivity index (χ0) is 12.5. The minimum atomic E-state index is -0.987. The molecule has 0 spiro atoms. The molecule has 2 N–H and O–H groups in total. The van der Waals surface area contributed by atoms with Gasteiger partial charge >= 0.3 is 5.97 Å². The number of aromatic carboxylic acids is 1. The molecule has 0 bridgehead atoms. The van der Waals surface area contributed by atoms with Crippen molar-refractivity contribution in [3.8, 4) is 0 Å². The molecule has 5 nitrogen and oxygen atoms in total. The maximum absolute atomic E-state index is 11.3. The number of rotatable bonds is 2. The van der Waals surface area contributed by atoms with E-state index in [1.807, 2.05) is 6.92 Å². The Hall–Kier alpha value is -1.88. The van der Waals surface area contributed by atoms with Crippen LogP contribution in [0.25, 0.3) is 0 Å². The van der Waals surface area contributed by atoms with Crippen LogP contribution in [0.15, 0.2) is 24.3 Å². The number of carbonyl (C=O) groups excluding carboxylic acids is 1. The summed E-state index contributed by atoms with van der Waals surface area (Å²) in [5.74, 6) is -1.18. The first-order valence-electron chi connectivity index (χ1n) is 5.24. The van der Waals surface area contributed by atoms with Crippen LogP contribution in [0.3, 0.4) is 0 Å². The molecule has 0 aromatic heterocycles. The fourth-order valence-corrected chi connectivity index (χ4v) is 1.88. The highest BCUT2D eigenvalue weighted by atomic mass is 16.5. The first-order chi connectivity index (χ1) is 8.01. The van der Waals surface area contributed by atoms with Gasteiger partial charge in [-0.25, -0.2) is 4.79 Å². The molecule has 1 saturated heterocycles. The Morgan fingerprint density at radius 1 is 1.53 bits per heavy atom. The lowest BCUT2D eigenvalue weighted by Gasteiger charge is -2.34. The SMILES string of the molecule is CC1(c2cccc(C(=O)O)c2)COCC(=O)N1. The highest BCUT2D eigenvalue weighted by molar-refractivity contribution is 5.88. The molecular weight excluding hydrogens is 222 g/mol. The van der Waals surface area contributed by atoms with E-state index >= 15 is 0 Å². The first kappa shape index (κ1) is 11.6. The van der Waals surface area contributed by atoms with Gasteiger partial charge in [0.25, 0.3) is 0 Å². The zero-order valence-electron chi connectivity index (χ0n) is 9.40. The van der Waals surface area contributed by atoms with Crippen molar-refractivity contribution >= 4 is 11.9 Å². The summed E-state index contributed by atoms with van der Waals surface area (Å²) in [6, 6.07) is 6.50. The molecule has 1 heterocycles. The van der Waals surface area contributed by atoms with Crippen LogP contribution in [0.2, 0.25) is 0 Å². The van der Waals surface area contributed by atoms with Crippen LogP contribution in [-0.2, 0) is 15.1 Å². The smallest absolute Gasteiger partial charge is 0.335 e. The summed E-state index contributed by atoms with van der Waals surface area (Å²) in [6.45, 7) is 2.20. The average Bonchev–Trinajstić information content (AvgIpc) is 2.29. The summed E-state index contributed by atoms with van der Waals surface area (Å²) in [7, 11) is 0. The van der Waals surface area contributed by atoms with Crippen molar-refractivity contribution < 1.29 is 19.4 Å². The Bertz CT molecular complexity index is 471. The van der Waals surface area contributed by atoms with Crippen LogP contribution < -0.4 is 5.32 Å². The van der Waals surface area contributed by atoms with Gasteiger partial charge in [0, 0.05) is 0 Å². The van der Waals surface area contributed by atoms with Gasteiger partial charge in [-0.2, -0.15) is 0 Å². The van der Waals surface area contributed by atoms with Crippen LogP contribution in [0.1, 0.15) is 22.8 Å². The van der Waals surface area contributed by atoms with Gasteiger partial charge in [-0.1, -0.05) is 12.1 Å². The molecule has 1 atom stereocenters. The number of carboxylic acids is 1. The lowest BCUT2D eigenvalue weighted by Crippen LogP contribution is -2.52. The minimum absolute atomic E-state index is 0.0498. The fourth-order valence-electron chi connectivity index (χ4n) is 1.88. The van der Waals surface area contributed by atoms with Gasteiger partial charge in [0.05, 0.1) is 17.7 Å². The number of nitrogens with one attached hydrogen (secondary N) is 1. The Kier molecular flexibility index (Phi) is 2.85. The van der Waals surface area contributed by atoms with Crippen molar-refractivity contribution in [3.05, 3.63) is 35.4 Å². The normalized spacial score (nSPS) is 24.2. The lowest BCUT2D eigenvalue weighted by atomic mass is 9.90. The second kappa shape index (κ2) is 4.18. The van der Waals surface area contributed by atoms with E-state index in [4.69, 9.17) is 9.84 Å². The maximum atomic E-state index is 11.3. The third-order valence-corrected chi connectivity index (χ3v) is 2.79. The van der Waals surface area contributed by atoms with Gasteiger partial charge in [-0.05, 0) is 24.6 Å². The summed E-state index contributed by atoms with van der Waals surface area (Å²) < 4.78 is 5.19. The summed E-state index contributed by atoms with van der Waals surface area (Å²) in [5.41, 5.74) is 0.259. The number of morpholine rings is 1. The van der Waals surface area contributed by atoms with Gasteiger partial charge in [0.1, 0.15) is 6.61 Å². The van der Waals surface area contributed by atoms with Crippen molar-refractivity contribution in [3.63, 3.8) is 0 Å². The molecule has 1 amide bonds. The van der Waals surface area contributed by atoms with E-state index in [-0.39, 0.29) is 18.1 Å². The Morgan fingerprint density at radius 3 is 2.94 bits per heavy atom. The minimum Gasteiger partial charge on any atom is -0.478 e. The van der Waals surface area contributed by atoms with Gasteiger partial charge in [0.2, 0.25) is 5.91 Å². The fraction of sp³-hybridized carbons (Fsp3) is 0.333. The highest BCUT2D eigenvalue weighted by Gasteiger charge is 2.33. The van der Waals surface area contributed by atoms with E-state index in [1.165, 1.54) is 6.07 Å². The number of carbonyl (C=O) groups is 2. The van der Waals surface area contributed by atoms with E-state index in [0.29, 0.717) is 6.61 Å². The molecule has 17 heavy (non-hydrogen) atoms. The topological polar surface area (TPSA) is 75.6 Å². The molecule has 90 valence electrons. The third-order valence-electron chi connectivity index (χ3n) is 2.79. The van der Waals surface area contributed by atoms with E-state index in [9.17, 15) is 9.59 Å². The molecular formula is C12H13NO4. The molecule has 0 saturated carbocycles. The number of hydrogen-bond donors (Lipinski definition) is 2. The molecule has 1 aliphatic heterocycles. The van der Waals surface area contributed by atoms with E-state index in [2.05, 4.69) is 5.32 Å². The number of amides is 1. The number of benzene rings is 1. The molecule has 1 fully saturated rings. The average molecular weight is 235 g/mol. The summed E-state index contributed by atoms with van der Waals surface area (Å²) in [5, 5.41) is 11.7. The molecule has 0 radical (unpaired) electrons. The van der Waals surface area contributed by atoms with Crippen molar-refractivity contribution in [2.24, 2.45) is 0 Å². The highest BCUT2D eigenvalue weighted by Crippen LogP contribution is 2.24. The predicted molar refractivity (Wildman–Crippen MR) is 59.7 cm³/mol. The van der Waals surface area contributed by atoms with Crippen LogP contribution in [0.5, 0.6) is 0 Å². The van der Waals surface area contributed by atoms with E-state index in [0.717, 1.165) is 5.56 Å². The van der Waals surface area contributed by atoms with Crippen molar-refractivity contribution in [2.75, 3.05) is 13.2 Å². The van der Waals surface area contributed by atoms with Crippen LogP contribution in [-0.4, -0.2) is 30.2 Å². The van der Waals surface area contributed by atoms with Gasteiger partial charge in [-0.3, -0.25) is 4.79 Å². The van der Waals surface area contributed by atoms with Crippen LogP contribution >= 0.6 is 0 Å². The molecule has 5 heteroatoms. The molecule has 0 aliphatic carbocycles. The monoisotopic (exact) mass is 235 g/mol. The first-order valence-corrected chi connectivity index (χ1v) is 5.24. The Labute approximate surface area is 98.4 Å². The molecule has 1 unspecified atom stereocenters. The molecule has 1 aromatic rings. The van der Waals surface area contributed by atoms with Crippen molar-refractivity contribution in [1.29, 1.82) is 0 Å². The Morgan fingerprint density at radius 2 is 2.29 bits per heavy atom.